The molecule has 1 aromatic heterocycles. The largest absolute Gasteiger partial charge is 0.455 e. The highest BCUT2D eigenvalue weighted by Gasteiger charge is 2.21. The Morgan fingerprint density at radius 1 is 1.50 bits per heavy atom. The van der Waals surface area contributed by atoms with Gasteiger partial charge in [-0.2, -0.15) is 4.98 Å². The molecule has 2 rings (SSSR count). The van der Waals surface area contributed by atoms with Gasteiger partial charge < -0.3 is 9.47 Å². The van der Waals surface area contributed by atoms with Gasteiger partial charge in [0.05, 0.1) is 18.9 Å². The predicted molar refractivity (Wildman–Crippen MR) is 51.4 cm³/mol. The topological polar surface area (TPSA) is 44.2 Å². The molecule has 76 valence electrons. The van der Waals surface area contributed by atoms with Crippen LogP contribution in [-0.2, 0) is 4.74 Å². The third-order valence-corrected chi connectivity index (χ3v) is 2.13. The van der Waals surface area contributed by atoms with E-state index in [1.807, 2.05) is 6.07 Å². The van der Waals surface area contributed by atoms with Crippen molar-refractivity contribution in [3.05, 3.63) is 18.0 Å². The van der Waals surface area contributed by atoms with Gasteiger partial charge in [0.15, 0.2) is 0 Å². The molecule has 4 heteroatoms. The van der Waals surface area contributed by atoms with Gasteiger partial charge in [0.1, 0.15) is 6.10 Å². The van der Waals surface area contributed by atoms with E-state index >= 15 is 0 Å². The van der Waals surface area contributed by atoms with Crippen molar-refractivity contribution in [3.8, 4) is 6.01 Å². The lowest BCUT2D eigenvalue weighted by Crippen LogP contribution is -2.39. The minimum atomic E-state index is 0.136. The van der Waals surface area contributed by atoms with Crippen LogP contribution in [0.2, 0.25) is 0 Å². The summed E-state index contributed by atoms with van der Waals surface area (Å²) >= 11 is 0. The van der Waals surface area contributed by atoms with Crippen molar-refractivity contribution in [2.75, 3.05) is 13.2 Å². The average Bonchev–Trinajstić information content (AvgIpc) is 2.12. The van der Waals surface area contributed by atoms with E-state index in [-0.39, 0.29) is 6.10 Å². The van der Waals surface area contributed by atoms with Gasteiger partial charge in [0.25, 0.3) is 0 Å². The van der Waals surface area contributed by atoms with Crippen LogP contribution in [0.3, 0.4) is 0 Å². The summed E-state index contributed by atoms with van der Waals surface area (Å²) in [7, 11) is 0. The third-order valence-electron chi connectivity index (χ3n) is 2.13. The van der Waals surface area contributed by atoms with E-state index in [4.69, 9.17) is 9.47 Å². The lowest BCUT2D eigenvalue weighted by Gasteiger charge is -2.25. The van der Waals surface area contributed by atoms with Gasteiger partial charge in [0.2, 0.25) is 0 Å². The van der Waals surface area contributed by atoms with Gasteiger partial charge in [-0.15, -0.1) is 0 Å². The minimum Gasteiger partial charge on any atom is -0.455 e. The summed E-state index contributed by atoms with van der Waals surface area (Å²) < 4.78 is 10.5. The van der Waals surface area contributed by atoms with E-state index in [0.717, 1.165) is 5.69 Å². The van der Waals surface area contributed by atoms with Gasteiger partial charge in [-0.05, 0) is 12.0 Å². The quantitative estimate of drug-likeness (QED) is 0.729. The second kappa shape index (κ2) is 3.92. The maximum Gasteiger partial charge on any atom is 0.317 e. The molecule has 4 nitrogen and oxygen atoms in total. The van der Waals surface area contributed by atoms with Crippen molar-refractivity contribution in [2.24, 2.45) is 0 Å². The Labute approximate surface area is 83.3 Å². The molecule has 0 amide bonds. The Morgan fingerprint density at radius 3 is 2.86 bits per heavy atom. The smallest absolute Gasteiger partial charge is 0.317 e. The second-order valence-corrected chi connectivity index (χ2v) is 3.70. The van der Waals surface area contributed by atoms with Crippen LogP contribution >= 0.6 is 0 Å². The molecule has 0 aromatic carbocycles. The van der Waals surface area contributed by atoms with Gasteiger partial charge in [-0.3, -0.25) is 0 Å². The van der Waals surface area contributed by atoms with Crippen LogP contribution in [0.1, 0.15) is 25.5 Å². The molecule has 0 aliphatic carbocycles. The number of hydrogen-bond donors (Lipinski definition) is 0. The zero-order valence-corrected chi connectivity index (χ0v) is 8.43. The Balaban J connectivity index is 2.05. The zero-order valence-electron chi connectivity index (χ0n) is 8.43. The molecule has 0 atom stereocenters. The summed E-state index contributed by atoms with van der Waals surface area (Å²) in [5, 5.41) is 0. The Morgan fingerprint density at radius 2 is 2.29 bits per heavy atom. The molecule has 0 saturated carbocycles. The molecule has 0 bridgehead atoms. The molecular weight excluding hydrogens is 180 g/mol. The summed E-state index contributed by atoms with van der Waals surface area (Å²) in [5.41, 5.74) is 1.01. The summed E-state index contributed by atoms with van der Waals surface area (Å²) in [6.45, 7) is 5.49. The first-order valence-electron chi connectivity index (χ1n) is 4.83. The molecule has 2 heterocycles. The lowest BCUT2D eigenvalue weighted by atomic mass is 10.1. The Kier molecular flexibility index (Phi) is 2.63. The average molecular weight is 194 g/mol. The highest BCUT2D eigenvalue weighted by Crippen LogP contribution is 2.15. The number of hydrogen-bond acceptors (Lipinski definition) is 4. The summed E-state index contributed by atoms with van der Waals surface area (Å²) in [5.74, 6) is 0.401. The van der Waals surface area contributed by atoms with Crippen LogP contribution < -0.4 is 4.74 Å². The van der Waals surface area contributed by atoms with Crippen molar-refractivity contribution in [1.29, 1.82) is 0 Å². The van der Waals surface area contributed by atoms with E-state index in [0.29, 0.717) is 25.1 Å². The second-order valence-electron chi connectivity index (χ2n) is 3.70. The molecule has 1 aliphatic heterocycles. The molecule has 0 N–H and O–H groups in total. The predicted octanol–water partition coefficient (Wildman–Crippen LogP) is 1.38. The van der Waals surface area contributed by atoms with E-state index < -0.39 is 0 Å². The van der Waals surface area contributed by atoms with E-state index in [1.165, 1.54) is 0 Å². The van der Waals surface area contributed by atoms with Gasteiger partial charge >= 0.3 is 6.01 Å². The maximum atomic E-state index is 5.49. The van der Waals surface area contributed by atoms with Gasteiger partial charge in [-0.1, -0.05) is 13.8 Å². The molecule has 1 fully saturated rings. The minimum absolute atomic E-state index is 0.136. The first kappa shape index (κ1) is 9.40. The fourth-order valence-corrected chi connectivity index (χ4v) is 1.16. The molecule has 1 aromatic rings. The number of rotatable bonds is 3. The van der Waals surface area contributed by atoms with Crippen LogP contribution in [0.4, 0.5) is 0 Å². The van der Waals surface area contributed by atoms with Crippen molar-refractivity contribution in [3.63, 3.8) is 0 Å². The normalized spacial score (nSPS) is 16.8. The highest BCUT2D eigenvalue weighted by atomic mass is 16.6. The maximum absolute atomic E-state index is 5.49. The molecule has 1 saturated heterocycles. The highest BCUT2D eigenvalue weighted by molar-refractivity contribution is 5.09. The lowest BCUT2D eigenvalue weighted by molar-refractivity contribution is -0.0832. The standard InChI is InChI=1S/C10H14N2O2/c1-7(2)9-3-4-11-10(12-9)14-8-5-13-6-8/h3-4,7-8H,5-6H2,1-2H3. The van der Waals surface area contributed by atoms with Gasteiger partial charge in [0, 0.05) is 6.20 Å². The van der Waals surface area contributed by atoms with Crippen LogP contribution in [-0.4, -0.2) is 29.3 Å². The third kappa shape index (κ3) is 2.01. The molecule has 0 radical (unpaired) electrons. The number of aromatic nitrogens is 2. The van der Waals surface area contributed by atoms with E-state index in [9.17, 15) is 0 Å². The fourth-order valence-electron chi connectivity index (χ4n) is 1.16. The number of ether oxygens (including phenoxy) is 2. The summed E-state index contributed by atoms with van der Waals surface area (Å²) in [6.07, 6.45) is 1.87. The number of nitrogens with zero attached hydrogens (tertiary/aromatic N) is 2. The monoisotopic (exact) mass is 194 g/mol. The van der Waals surface area contributed by atoms with Crippen LogP contribution in [0.5, 0.6) is 6.01 Å². The summed E-state index contributed by atoms with van der Waals surface area (Å²) in [4.78, 5) is 8.36. The van der Waals surface area contributed by atoms with Crippen LogP contribution in [0.25, 0.3) is 0 Å². The zero-order chi connectivity index (χ0) is 9.97. The Hall–Kier alpha value is -1.16. The SMILES string of the molecule is CC(C)c1ccnc(OC2COC2)n1. The van der Waals surface area contributed by atoms with Gasteiger partial charge in [-0.25, -0.2) is 4.98 Å². The van der Waals surface area contributed by atoms with E-state index in [2.05, 4.69) is 23.8 Å². The Bertz CT molecular complexity index is 311. The fraction of sp³-hybridized carbons (Fsp3) is 0.600. The molecule has 0 spiro atoms. The van der Waals surface area contributed by atoms with Crippen molar-refractivity contribution in [1.82, 2.24) is 9.97 Å². The molecule has 1 aliphatic rings. The van der Waals surface area contributed by atoms with Crippen molar-refractivity contribution >= 4 is 0 Å². The molecule has 0 unspecified atom stereocenters. The molecular formula is C10H14N2O2. The van der Waals surface area contributed by atoms with E-state index in [1.54, 1.807) is 6.20 Å². The summed E-state index contributed by atoms with van der Waals surface area (Å²) in [6, 6.07) is 2.37. The first-order valence-corrected chi connectivity index (χ1v) is 4.83. The molecule has 14 heavy (non-hydrogen) atoms. The van der Waals surface area contributed by atoms with Crippen molar-refractivity contribution < 1.29 is 9.47 Å². The van der Waals surface area contributed by atoms with Crippen LogP contribution in [0, 0.1) is 0 Å². The van der Waals surface area contributed by atoms with Crippen molar-refractivity contribution in [2.45, 2.75) is 25.9 Å². The van der Waals surface area contributed by atoms with Crippen LogP contribution in [0.15, 0.2) is 12.3 Å². The first-order chi connectivity index (χ1) is 6.75.